The van der Waals surface area contributed by atoms with Gasteiger partial charge in [0.2, 0.25) is 0 Å². The van der Waals surface area contributed by atoms with Crippen molar-refractivity contribution in [3.63, 3.8) is 0 Å². The van der Waals surface area contributed by atoms with E-state index < -0.39 is 0 Å². The first-order chi connectivity index (χ1) is 10.8. The zero-order valence-electron chi connectivity index (χ0n) is 15.7. The minimum Gasteiger partial charge on any atom is -0.123 e. The van der Waals surface area contributed by atoms with Crippen LogP contribution in [0.4, 0.5) is 0 Å². The topological polar surface area (TPSA) is 0 Å². The van der Waals surface area contributed by atoms with Crippen molar-refractivity contribution in [3.05, 3.63) is 0 Å². The molecule has 0 aromatic heterocycles. The van der Waals surface area contributed by atoms with Crippen molar-refractivity contribution in [1.82, 2.24) is 0 Å². The quantitative estimate of drug-likeness (QED) is 0.174. The van der Waals surface area contributed by atoms with Crippen molar-refractivity contribution in [1.29, 1.82) is 0 Å². The van der Waals surface area contributed by atoms with E-state index in [4.69, 9.17) is 11.6 Å². The Labute approximate surface area is 146 Å². The van der Waals surface area contributed by atoms with Crippen LogP contribution in [0.2, 0.25) is 0 Å². The van der Waals surface area contributed by atoms with Gasteiger partial charge in [-0.15, -0.1) is 11.6 Å². The molecule has 22 heavy (non-hydrogen) atoms. The summed E-state index contributed by atoms with van der Waals surface area (Å²) in [5.74, 6) is 0. The van der Waals surface area contributed by atoms with Crippen molar-refractivity contribution >= 4 is 11.6 Å². The van der Waals surface area contributed by atoms with Crippen LogP contribution in [0.3, 0.4) is 0 Å². The van der Waals surface area contributed by atoms with Gasteiger partial charge in [0.05, 0.1) is 0 Å². The monoisotopic (exact) mass is 330 g/mol. The highest BCUT2D eigenvalue weighted by atomic mass is 35.5. The van der Waals surface area contributed by atoms with Gasteiger partial charge in [-0.25, -0.2) is 0 Å². The van der Waals surface area contributed by atoms with E-state index in [1.165, 1.54) is 109 Å². The summed E-state index contributed by atoms with van der Waals surface area (Å²) in [6, 6.07) is 0. The number of hydrogen-bond donors (Lipinski definition) is 0. The van der Waals surface area contributed by atoms with Gasteiger partial charge in [0, 0.05) is 5.38 Å². The third kappa shape index (κ3) is 18.3. The van der Waals surface area contributed by atoms with Gasteiger partial charge in [-0.2, -0.15) is 0 Å². The van der Waals surface area contributed by atoms with Crippen molar-refractivity contribution in [2.45, 2.75) is 135 Å². The second-order valence-corrected chi connectivity index (χ2v) is 7.71. The van der Waals surface area contributed by atoms with E-state index in [0.29, 0.717) is 5.38 Å². The molecule has 0 fully saturated rings. The molecule has 0 amide bonds. The Kier molecular flexibility index (Phi) is 19.6. The lowest BCUT2D eigenvalue weighted by atomic mass is 10.0. The predicted molar refractivity (Wildman–Crippen MR) is 104 cm³/mol. The van der Waals surface area contributed by atoms with Gasteiger partial charge < -0.3 is 0 Å². The molecule has 0 radical (unpaired) electrons. The van der Waals surface area contributed by atoms with Crippen molar-refractivity contribution < 1.29 is 0 Å². The predicted octanol–water partition coefficient (Wildman–Crippen LogP) is 8.66. The molecule has 0 rings (SSSR count). The SMILES string of the molecule is CCCCCCCCCCCCCCCCCCC(Cl)CC. The molecule has 1 atom stereocenters. The Balaban J connectivity index is 2.97. The van der Waals surface area contributed by atoms with Crippen molar-refractivity contribution in [2.24, 2.45) is 0 Å². The van der Waals surface area contributed by atoms with Crippen LogP contribution >= 0.6 is 11.6 Å². The van der Waals surface area contributed by atoms with E-state index >= 15 is 0 Å². The van der Waals surface area contributed by atoms with Crippen LogP contribution in [-0.4, -0.2) is 5.38 Å². The van der Waals surface area contributed by atoms with E-state index in [9.17, 15) is 0 Å². The number of hydrogen-bond acceptors (Lipinski definition) is 0. The second-order valence-electron chi connectivity index (χ2n) is 7.10. The lowest BCUT2D eigenvalue weighted by Gasteiger charge is -2.06. The molecule has 1 unspecified atom stereocenters. The summed E-state index contributed by atoms with van der Waals surface area (Å²) in [4.78, 5) is 0. The summed E-state index contributed by atoms with van der Waals surface area (Å²) in [5.41, 5.74) is 0. The molecule has 134 valence electrons. The van der Waals surface area contributed by atoms with Crippen molar-refractivity contribution in [3.8, 4) is 0 Å². The third-order valence-corrected chi connectivity index (χ3v) is 5.34. The molecule has 0 saturated carbocycles. The summed E-state index contributed by atoms with van der Waals surface area (Å²) < 4.78 is 0. The number of unbranched alkanes of at least 4 members (excludes halogenated alkanes) is 15. The average molecular weight is 331 g/mol. The van der Waals surface area contributed by atoms with Crippen LogP contribution in [0.1, 0.15) is 129 Å². The minimum atomic E-state index is 0.423. The number of alkyl halides is 1. The zero-order valence-corrected chi connectivity index (χ0v) is 16.4. The summed E-state index contributed by atoms with van der Waals surface area (Å²) in [6.45, 7) is 4.48. The molecule has 0 bridgehead atoms. The Hall–Kier alpha value is 0.290. The highest BCUT2D eigenvalue weighted by Gasteiger charge is 2.00. The molecular weight excluding hydrogens is 288 g/mol. The molecule has 0 saturated heterocycles. The van der Waals surface area contributed by atoms with E-state index in [1.807, 2.05) is 0 Å². The summed E-state index contributed by atoms with van der Waals surface area (Å²) in [7, 11) is 0. The fraction of sp³-hybridized carbons (Fsp3) is 1.00. The Morgan fingerprint density at radius 2 is 0.818 bits per heavy atom. The molecule has 0 aromatic rings. The van der Waals surface area contributed by atoms with Crippen LogP contribution < -0.4 is 0 Å². The molecule has 1 heteroatoms. The molecule has 0 aliphatic heterocycles. The first kappa shape index (κ1) is 22.3. The van der Waals surface area contributed by atoms with Crippen LogP contribution in [-0.2, 0) is 0 Å². The van der Waals surface area contributed by atoms with Gasteiger partial charge in [0.1, 0.15) is 0 Å². The maximum atomic E-state index is 6.13. The highest BCUT2D eigenvalue weighted by Crippen LogP contribution is 2.15. The lowest BCUT2D eigenvalue weighted by molar-refractivity contribution is 0.525. The summed E-state index contributed by atoms with van der Waals surface area (Å²) in [6.07, 6.45) is 25.4. The lowest BCUT2D eigenvalue weighted by Crippen LogP contribution is -1.95. The smallest absolute Gasteiger partial charge is 0.0333 e. The van der Waals surface area contributed by atoms with E-state index in [-0.39, 0.29) is 0 Å². The second kappa shape index (κ2) is 19.3. The van der Waals surface area contributed by atoms with Crippen LogP contribution in [0, 0.1) is 0 Å². The number of halogens is 1. The van der Waals surface area contributed by atoms with Gasteiger partial charge in [-0.05, 0) is 12.8 Å². The van der Waals surface area contributed by atoms with Gasteiger partial charge >= 0.3 is 0 Å². The normalized spacial score (nSPS) is 12.7. The Morgan fingerprint density at radius 1 is 0.500 bits per heavy atom. The number of rotatable bonds is 18. The average Bonchev–Trinajstić information content (AvgIpc) is 2.54. The standard InChI is InChI=1S/C21H43Cl/c1-3-5-6-7-8-9-10-11-12-13-14-15-16-17-18-19-20-21(22)4-2/h21H,3-20H2,1-2H3. The van der Waals surface area contributed by atoms with Gasteiger partial charge in [0.15, 0.2) is 0 Å². The third-order valence-electron chi connectivity index (χ3n) is 4.81. The molecule has 0 N–H and O–H groups in total. The largest absolute Gasteiger partial charge is 0.123 e. The molecular formula is C21H43Cl. The Morgan fingerprint density at radius 3 is 1.14 bits per heavy atom. The van der Waals surface area contributed by atoms with E-state index in [2.05, 4.69) is 13.8 Å². The van der Waals surface area contributed by atoms with Gasteiger partial charge in [-0.1, -0.05) is 117 Å². The molecule has 0 spiro atoms. The highest BCUT2D eigenvalue weighted by molar-refractivity contribution is 6.20. The van der Waals surface area contributed by atoms with Crippen LogP contribution in [0.5, 0.6) is 0 Å². The van der Waals surface area contributed by atoms with Crippen molar-refractivity contribution in [2.75, 3.05) is 0 Å². The summed E-state index contributed by atoms with van der Waals surface area (Å²) >= 11 is 6.13. The molecule has 0 nitrogen and oxygen atoms in total. The fourth-order valence-electron chi connectivity index (χ4n) is 3.12. The first-order valence-corrected chi connectivity index (χ1v) is 10.9. The molecule has 0 heterocycles. The van der Waals surface area contributed by atoms with E-state index in [1.54, 1.807) is 0 Å². The van der Waals surface area contributed by atoms with Crippen LogP contribution in [0.25, 0.3) is 0 Å². The fourth-order valence-corrected chi connectivity index (χ4v) is 3.27. The van der Waals surface area contributed by atoms with Gasteiger partial charge in [0.25, 0.3) is 0 Å². The first-order valence-electron chi connectivity index (χ1n) is 10.4. The molecule has 0 aromatic carbocycles. The summed E-state index contributed by atoms with van der Waals surface area (Å²) in [5, 5.41) is 0.423. The maximum absolute atomic E-state index is 6.13. The van der Waals surface area contributed by atoms with E-state index in [0.717, 1.165) is 6.42 Å². The minimum absolute atomic E-state index is 0.423. The van der Waals surface area contributed by atoms with Crippen LogP contribution in [0.15, 0.2) is 0 Å². The zero-order chi connectivity index (χ0) is 16.3. The Bertz CT molecular complexity index is 190. The molecule has 0 aliphatic carbocycles. The maximum Gasteiger partial charge on any atom is 0.0333 e. The molecule has 0 aliphatic rings. The van der Waals surface area contributed by atoms with Gasteiger partial charge in [-0.3, -0.25) is 0 Å².